The van der Waals surface area contributed by atoms with E-state index in [-0.39, 0.29) is 17.9 Å². The summed E-state index contributed by atoms with van der Waals surface area (Å²) in [6.45, 7) is 13.5. The first-order valence-corrected chi connectivity index (χ1v) is 10.9. The number of amides is 2. The standard InChI is InChI=1S/C25H35NO2/c1-15(2)9-18-12-20-13-21(11-17(5)6)25(26-23(27)7-8-24(26)28)22(20)14-19(18)10-16(3)4/h7-8,12,14-17,21,25H,9-11,13H2,1-6H3/t21-,25-/m0/s1. The van der Waals surface area contributed by atoms with Crippen LogP contribution in [0.15, 0.2) is 24.3 Å². The van der Waals surface area contributed by atoms with Crippen molar-refractivity contribution in [2.75, 3.05) is 0 Å². The molecule has 0 bridgehead atoms. The zero-order valence-corrected chi connectivity index (χ0v) is 18.3. The minimum atomic E-state index is -0.159. The highest BCUT2D eigenvalue weighted by atomic mass is 16.2. The predicted octanol–water partition coefficient (Wildman–Crippen LogP) is 5.27. The van der Waals surface area contributed by atoms with E-state index in [1.165, 1.54) is 39.3 Å². The van der Waals surface area contributed by atoms with Crippen molar-refractivity contribution in [3.63, 3.8) is 0 Å². The second-order valence-corrected chi connectivity index (χ2v) is 9.93. The highest BCUT2D eigenvalue weighted by Crippen LogP contribution is 2.45. The third-order valence-corrected chi connectivity index (χ3v) is 5.86. The molecule has 0 unspecified atom stereocenters. The van der Waals surface area contributed by atoms with Gasteiger partial charge < -0.3 is 0 Å². The fraction of sp³-hybridized carbons (Fsp3) is 0.600. The molecule has 2 aliphatic rings. The molecule has 0 N–H and O–H groups in total. The van der Waals surface area contributed by atoms with Crippen LogP contribution >= 0.6 is 0 Å². The Hall–Kier alpha value is -1.90. The van der Waals surface area contributed by atoms with Gasteiger partial charge in [0.05, 0.1) is 6.04 Å². The third kappa shape index (κ3) is 4.24. The van der Waals surface area contributed by atoms with Crippen LogP contribution < -0.4 is 0 Å². The molecule has 1 aliphatic carbocycles. The molecule has 28 heavy (non-hydrogen) atoms. The molecule has 2 amide bonds. The van der Waals surface area contributed by atoms with Crippen molar-refractivity contribution in [2.24, 2.45) is 23.7 Å². The summed E-state index contributed by atoms with van der Waals surface area (Å²) in [7, 11) is 0. The number of benzene rings is 1. The first-order valence-electron chi connectivity index (χ1n) is 10.9. The van der Waals surface area contributed by atoms with Crippen molar-refractivity contribution in [1.29, 1.82) is 0 Å². The normalized spacial score (nSPS) is 21.7. The SMILES string of the molecule is CC(C)Cc1cc2c(cc1CC(C)C)[C@@H](N1C(=O)C=CC1=O)[C@@H](CC(C)C)C2. The number of hydrogen-bond acceptors (Lipinski definition) is 2. The maximum atomic E-state index is 12.5. The predicted molar refractivity (Wildman–Crippen MR) is 114 cm³/mol. The Morgan fingerprint density at radius 3 is 1.89 bits per heavy atom. The van der Waals surface area contributed by atoms with E-state index in [4.69, 9.17) is 0 Å². The fourth-order valence-electron chi connectivity index (χ4n) is 4.97. The first kappa shape index (κ1) is 20.8. The van der Waals surface area contributed by atoms with Crippen LogP contribution in [0.5, 0.6) is 0 Å². The molecule has 0 saturated carbocycles. The second kappa shape index (κ2) is 8.23. The van der Waals surface area contributed by atoms with Crippen LogP contribution in [0.1, 0.15) is 76.3 Å². The van der Waals surface area contributed by atoms with Crippen molar-refractivity contribution < 1.29 is 9.59 Å². The topological polar surface area (TPSA) is 37.4 Å². The van der Waals surface area contributed by atoms with Gasteiger partial charge in [-0.25, -0.2) is 0 Å². The van der Waals surface area contributed by atoms with E-state index in [1.807, 2.05) is 0 Å². The van der Waals surface area contributed by atoms with Crippen LogP contribution in [-0.4, -0.2) is 16.7 Å². The lowest BCUT2D eigenvalue weighted by molar-refractivity contribution is -0.140. The van der Waals surface area contributed by atoms with Gasteiger partial charge in [0.1, 0.15) is 0 Å². The summed E-state index contributed by atoms with van der Waals surface area (Å²) in [6.07, 6.45) is 6.95. The van der Waals surface area contributed by atoms with Crippen molar-refractivity contribution >= 4 is 11.8 Å². The smallest absolute Gasteiger partial charge is 0.254 e. The van der Waals surface area contributed by atoms with E-state index < -0.39 is 0 Å². The summed E-state index contributed by atoms with van der Waals surface area (Å²) >= 11 is 0. The monoisotopic (exact) mass is 381 g/mol. The molecular formula is C25H35NO2. The van der Waals surface area contributed by atoms with E-state index in [0.29, 0.717) is 23.7 Å². The van der Waals surface area contributed by atoms with Crippen LogP contribution in [0.2, 0.25) is 0 Å². The van der Waals surface area contributed by atoms with E-state index in [2.05, 4.69) is 53.7 Å². The van der Waals surface area contributed by atoms with E-state index in [0.717, 1.165) is 25.7 Å². The molecule has 0 fully saturated rings. The molecule has 3 rings (SSSR count). The van der Waals surface area contributed by atoms with Crippen LogP contribution in [0.3, 0.4) is 0 Å². The Kier molecular flexibility index (Phi) is 6.12. The molecular weight excluding hydrogens is 346 g/mol. The van der Waals surface area contributed by atoms with Gasteiger partial charge in [0.15, 0.2) is 0 Å². The molecule has 0 aromatic heterocycles. The van der Waals surface area contributed by atoms with Crippen molar-refractivity contribution in [1.82, 2.24) is 4.90 Å². The maximum Gasteiger partial charge on any atom is 0.254 e. The zero-order chi connectivity index (χ0) is 20.6. The Morgan fingerprint density at radius 2 is 1.39 bits per heavy atom. The molecule has 3 nitrogen and oxygen atoms in total. The molecule has 0 spiro atoms. The van der Waals surface area contributed by atoms with Gasteiger partial charge in [-0.3, -0.25) is 14.5 Å². The molecule has 0 saturated heterocycles. The Labute approximate surface area is 170 Å². The molecule has 152 valence electrons. The number of hydrogen-bond donors (Lipinski definition) is 0. The van der Waals surface area contributed by atoms with E-state index in [9.17, 15) is 9.59 Å². The van der Waals surface area contributed by atoms with Gasteiger partial charge in [0.25, 0.3) is 11.8 Å². The van der Waals surface area contributed by atoms with Crippen molar-refractivity contribution in [3.8, 4) is 0 Å². The fourth-order valence-corrected chi connectivity index (χ4v) is 4.97. The summed E-state index contributed by atoms with van der Waals surface area (Å²) in [5.41, 5.74) is 5.39. The average Bonchev–Trinajstić information content (AvgIpc) is 3.05. The van der Waals surface area contributed by atoms with Crippen molar-refractivity contribution in [3.05, 3.63) is 46.5 Å². The zero-order valence-electron chi connectivity index (χ0n) is 18.3. The lowest BCUT2D eigenvalue weighted by Gasteiger charge is -2.30. The van der Waals surface area contributed by atoms with Gasteiger partial charge in [0, 0.05) is 12.2 Å². The largest absolute Gasteiger partial charge is 0.269 e. The highest BCUT2D eigenvalue weighted by molar-refractivity contribution is 6.13. The van der Waals surface area contributed by atoms with Crippen LogP contribution in [0, 0.1) is 23.7 Å². The minimum Gasteiger partial charge on any atom is -0.269 e. The molecule has 2 atom stereocenters. The quantitative estimate of drug-likeness (QED) is 0.604. The van der Waals surface area contributed by atoms with Crippen LogP contribution in [-0.2, 0) is 28.9 Å². The molecule has 1 aromatic carbocycles. The number of carbonyl (C=O) groups excluding carboxylic acids is 2. The summed E-state index contributed by atoms with van der Waals surface area (Å²) in [4.78, 5) is 26.5. The van der Waals surface area contributed by atoms with Gasteiger partial charge >= 0.3 is 0 Å². The number of fused-ring (bicyclic) bond motifs is 1. The maximum absolute atomic E-state index is 12.5. The third-order valence-electron chi connectivity index (χ3n) is 5.86. The van der Waals surface area contributed by atoms with E-state index in [1.54, 1.807) is 0 Å². The van der Waals surface area contributed by atoms with Gasteiger partial charge in [-0.2, -0.15) is 0 Å². The minimum absolute atomic E-state index is 0.119. The lowest BCUT2D eigenvalue weighted by Crippen LogP contribution is -2.37. The van der Waals surface area contributed by atoms with Gasteiger partial charge in [-0.15, -0.1) is 0 Å². The Bertz CT molecular complexity index is 770. The van der Waals surface area contributed by atoms with Crippen LogP contribution in [0.25, 0.3) is 0 Å². The summed E-state index contributed by atoms with van der Waals surface area (Å²) in [6, 6.07) is 4.60. The number of rotatable bonds is 7. The average molecular weight is 382 g/mol. The Balaban J connectivity index is 2.07. The van der Waals surface area contributed by atoms with E-state index >= 15 is 0 Å². The molecule has 1 heterocycles. The Morgan fingerprint density at radius 1 is 0.857 bits per heavy atom. The first-order chi connectivity index (χ1) is 13.2. The van der Waals surface area contributed by atoms with Gasteiger partial charge in [0.2, 0.25) is 0 Å². The molecule has 1 aliphatic heterocycles. The molecule has 0 radical (unpaired) electrons. The molecule has 3 heteroatoms. The number of imide groups is 1. The molecule has 1 aromatic rings. The number of nitrogens with zero attached hydrogens (tertiary/aromatic N) is 1. The van der Waals surface area contributed by atoms with Crippen molar-refractivity contribution in [2.45, 2.75) is 73.3 Å². The number of carbonyl (C=O) groups is 2. The van der Waals surface area contributed by atoms with Gasteiger partial charge in [-0.1, -0.05) is 53.7 Å². The van der Waals surface area contributed by atoms with Crippen LogP contribution in [0.4, 0.5) is 0 Å². The lowest BCUT2D eigenvalue weighted by atomic mass is 9.88. The summed E-state index contributed by atoms with van der Waals surface area (Å²) < 4.78 is 0. The summed E-state index contributed by atoms with van der Waals surface area (Å²) in [5.74, 6) is 1.71. The highest BCUT2D eigenvalue weighted by Gasteiger charge is 2.42. The second-order valence-electron chi connectivity index (χ2n) is 9.93. The summed E-state index contributed by atoms with van der Waals surface area (Å²) in [5, 5.41) is 0. The van der Waals surface area contributed by atoms with Gasteiger partial charge in [-0.05, 0) is 71.6 Å².